The number of rotatable bonds is 15. The van der Waals surface area contributed by atoms with E-state index in [9.17, 15) is 8.78 Å². The van der Waals surface area contributed by atoms with E-state index < -0.39 is 29.2 Å². The number of halogens is 4. The summed E-state index contributed by atoms with van der Waals surface area (Å²) in [7, 11) is 0. The van der Waals surface area contributed by atoms with E-state index in [1.54, 1.807) is 36.4 Å². The topological polar surface area (TPSA) is 27.7 Å². The normalized spacial score (nSPS) is 16.9. The van der Waals surface area contributed by atoms with E-state index in [1.807, 2.05) is 0 Å². The van der Waals surface area contributed by atoms with Crippen LogP contribution in [0.5, 0.6) is 5.75 Å². The average Bonchev–Trinajstić information content (AvgIpc) is 3.01. The highest BCUT2D eigenvalue weighted by molar-refractivity contribution is 5.72. The second-order valence-corrected chi connectivity index (χ2v) is 10.8. The number of allylic oxidation sites excluding steroid dienone is 1. The predicted octanol–water partition coefficient (Wildman–Crippen LogP) is 10.1. The van der Waals surface area contributed by atoms with Gasteiger partial charge in [-0.15, -0.1) is 6.58 Å². The van der Waals surface area contributed by atoms with Gasteiger partial charge in [-0.3, -0.25) is 0 Å². The molecule has 0 bridgehead atoms. The summed E-state index contributed by atoms with van der Waals surface area (Å²) >= 11 is 0. The molecular weight excluding hydrogens is 544 g/mol. The van der Waals surface area contributed by atoms with Gasteiger partial charge in [0.05, 0.1) is 19.8 Å². The monoisotopic (exact) mass is 584 g/mol. The molecule has 0 aromatic heterocycles. The van der Waals surface area contributed by atoms with Crippen LogP contribution in [-0.4, -0.2) is 26.1 Å². The van der Waals surface area contributed by atoms with Gasteiger partial charge in [0.1, 0.15) is 0 Å². The number of hydrogen-bond acceptors (Lipinski definition) is 3. The Morgan fingerprint density at radius 2 is 1.31 bits per heavy atom. The molecule has 3 aromatic carbocycles. The lowest BCUT2D eigenvalue weighted by Gasteiger charge is -2.30. The van der Waals surface area contributed by atoms with E-state index in [1.165, 1.54) is 43.9 Å². The lowest BCUT2D eigenvalue weighted by molar-refractivity contribution is -0.189. The third-order valence-electron chi connectivity index (χ3n) is 7.68. The molecule has 0 saturated carbocycles. The zero-order valence-electron chi connectivity index (χ0n) is 24.3. The molecular formula is C35H40F4O3. The van der Waals surface area contributed by atoms with Crippen molar-refractivity contribution in [3.8, 4) is 28.0 Å². The molecule has 7 heteroatoms. The maximum Gasteiger partial charge on any atom is 0.201 e. The number of hydrogen-bond donors (Lipinski definition) is 0. The third kappa shape index (κ3) is 8.01. The van der Waals surface area contributed by atoms with E-state index in [0.717, 1.165) is 25.7 Å². The van der Waals surface area contributed by atoms with Gasteiger partial charge in [-0.05, 0) is 41.7 Å². The van der Waals surface area contributed by atoms with Gasteiger partial charge >= 0.3 is 0 Å². The summed E-state index contributed by atoms with van der Waals surface area (Å²) in [5, 5.41) is 0. The second kappa shape index (κ2) is 15.9. The third-order valence-corrected chi connectivity index (χ3v) is 7.68. The number of unbranched alkanes of at least 4 members (excludes halogenated alkanes) is 6. The number of ether oxygens (including phenoxy) is 3. The molecule has 0 unspecified atom stereocenters. The predicted molar refractivity (Wildman–Crippen MR) is 158 cm³/mol. The highest BCUT2D eigenvalue weighted by Gasteiger charge is 2.27. The maximum atomic E-state index is 15.2. The fraction of sp³-hybridized carbons (Fsp3) is 0.429. The van der Waals surface area contributed by atoms with Crippen LogP contribution >= 0.6 is 0 Å². The zero-order chi connectivity index (χ0) is 29.9. The van der Waals surface area contributed by atoms with Crippen molar-refractivity contribution in [1.82, 2.24) is 0 Å². The molecule has 3 nitrogen and oxygen atoms in total. The first kappa shape index (κ1) is 31.8. The van der Waals surface area contributed by atoms with Gasteiger partial charge in [-0.25, -0.2) is 13.2 Å². The van der Waals surface area contributed by atoms with Gasteiger partial charge in [0.25, 0.3) is 0 Å². The average molecular weight is 585 g/mol. The van der Waals surface area contributed by atoms with Crippen molar-refractivity contribution in [1.29, 1.82) is 0 Å². The van der Waals surface area contributed by atoms with Crippen molar-refractivity contribution in [3.05, 3.63) is 90.0 Å². The van der Waals surface area contributed by atoms with Crippen LogP contribution in [0, 0.1) is 23.3 Å². The van der Waals surface area contributed by atoms with E-state index in [-0.39, 0.29) is 41.9 Å². The first-order valence-corrected chi connectivity index (χ1v) is 15.0. The Morgan fingerprint density at radius 3 is 1.93 bits per heavy atom. The van der Waals surface area contributed by atoms with Crippen LogP contribution < -0.4 is 4.74 Å². The fourth-order valence-corrected chi connectivity index (χ4v) is 5.18. The Kier molecular flexibility index (Phi) is 12.0. The Morgan fingerprint density at radius 1 is 0.738 bits per heavy atom. The van der Waals surface area contributed by atoms with Crippen LogP contribution in [0.25, 0.3) is 22.3 Å². The van der Waals surface area contributed by atoms with Crippen LogP contribution in [0.4, 0.5) is 17.6 Å². The molecule has 42 heavy (non-hydrogen) atoms. The highest BCUT2D eigenvalue weighted by Crippen LogP contribution is 2.35. The molecule has 1 aliphatic rings. The molecule has 1 saturated heterocycles. The van der Waals surface area contributed by atoms with Crippen LogP contribution in [0.1, 0.15) is 76.2 Å². The van der Waals surface area contributed by atoms with Crippen molar-refractivity contribution in [2.24, 2.45) is 0 Å². The summed E-state index contributed by atoms with van der Waals surface area (Å²) < 4.78 is 76.8. The van der Waals surface area contributed by atoms with Crippen LogP contribution in [0.2, 0.25) is 0 Å². The van der Waals surface area contributed by atoms with Crippen molar-refractivity contribution in [2.75, 3.05) is 19.8 Å². The van der Waals surface area contributed by atoms with Gasteiger partial charge in [-0.1, -0.05) is 87.9 Å². The van der Waals surface area contributed by atoms with Gasteiger partial charge in [0.15, 0.2) is 29.5 Å². The zero-order valence-corrected chi connectivity index (χ0v) is 24.3. The van der Waals surface area contributed by atoms with Gasteiger partial charge in [-0.2, -0.15) is 4.39 Å². The lowest BCUT2D eigenvalue weighted by atomic mass is 9.94. The lowest BCUT2D eigenvalue weighted by Crippen LogP contribution is -2.31. The first-order chi connectivity index (χ1) is 20.4. The summed E-state index contributed by atoms with van der Waals surface area (Å²) in [6, 6.07) is 12.2. The molecule has 1 fully saturated rings. The summed E-state index contributed by atoms with van der Waals surface area (Å²) in [6.07, 6.45) is 10.5. The van der Waals surface area contributed by atoms with E-state index in [2.05, 4.69) is 13.5 Å². The Bertz CT molecular complexity index is 1300. The molecule has 1 heterocycles. The van der Waals surface area contributed by atoms with Gasteiger partial charge in [0.2, 0.25) is 5.82 Å². The van der Waals surface area contributed by atoms with E-state index in [4.69, 9.17) is 14.2 Å². The van der Waals surface area contributed by atoms with Gasteiger partial charge < -0.3 is 14.2 Å². The minimum atomic E-state index is -1.04. The largest absolute Gasteiger partial charge is 0.490 e. The Hall–Kier alpha value is -3.16. The molecule has 0 N–H and O–H groups in total. The van der Waals surface area contributed by atoms with Gasteiger partial charge in [0, 0.05) is 23.5 Å². The highest BCUT2D eigenvalue weighted by atomic mass is 19.2. The minimum Gasteiger partial charge on any atom is -0.490 e. The molecule has 0 amide bonds. The molecule has 1 aliphatic heterocycles. The fourth-order valence-electron chi connectivity index (χ4n) is 5.18. The SMILES string of the molecule is C=CCCC1OCC(c2ccc(-c3ccc(-c4ccc(OCCCCCCCCC)c(F)c4F)cc3)c(F)c2F)CO1. The van der Waals surface area contributed by atoms with Crippen molar-refractivity contribution < 1.29 is 31.8 Å². The summed E-state index contributed by atoms with van der Waals surface area (Å²) in [5.41, 5.74) is 1.16. The summed E-state index contributed by atoms with van der Waals surface area (Å²) in [4.78, 5) is 0. The van der Waals surface area contributed by atoms with Crippen molar-refractivity contribution in [3.63, 3.8) is 0 Å². The quantitative estimate of drug-likeness (QED) is 0.101. The van der Waals surface area contributed by atoms with Crippen molar-refractivity contribution >= 4 is 0 Å². The molecule has 4 rings (SSSR count). The smallest absolute Gasteiger partial charge is 0.201 e. The van der Waals surface area contributed by atoms with Crippen LogP contribution in [0.3, 0.4) is 0 Å². The van der Waals surface area contributed by atoms with E-state index >= 15 is 8.78 Å². The Balaban J connectivity index is 1.38. The molecule has 0 aliphatic carbocycles. The molecule has 0 radical (unpaired) electrons. The number of benzene rings is 3. The van der Waals surface area contributed by atoms with E-state index in [0.29, 0.717) is 24.2 Å². The van der Waals surface area contributed by atoms with Crippen LogP contribution in [-0.2, 0) is 9.47 Å². The first-order valence-electron chi connectivity index (χ1n) is 15.0. The minimum absolute atomic E-state index is 0.0630. The van der Waals surface area contributed by atoms with Crippen LogP contribution in [0.15, 0.2) is 61.2 Å². The molecule has 0 atom stereocenters. The molecule has 0 spiro atoms. The standard InChI is InChI=1S/C35H40F4O3/c1-3-5-7-8-9-10-11-21-40-30-20-19-28(34(38)35(30)39)25-15-13-24(14-16-25)27-17-18-29(33(37)32(27)36)26-22-41-31(42-23-26)12-6-4-2/h4,13-20,26,31H,2-3,5-12,21-23H2,1H3. The summed E-state index contributed by atoms with van der Waals surface area (Å²) in [6.45, 7) is 6.65. The summed E-state index contributed by atoms with van der Waals surface area (Å²) in [5.74, 6) is -4.50. The Labute approximate surface area is 246 Å². The molecule has 3 aromatic rings. The molecule has 226 valence electrons. The maximum absolute atomic E-state index is 15.2. The second-order valence-electron chi connectivity index (χ2n) is 10.8. The van der Waals surface area contributed by atoms with Crippen molar-refractivity contribution in [2.45, 2.75) is 76.9 Å².